The van der Waals surface area contributed by atoms with Crippen LogP contribution in [-0.4, -0.2) is 30.1 Å². The van der Waals surface area contributed by atoms with Crippen LogP contribution < -0.4 is 20.7 Å². The van der Waals surface area contributed by atoms with Crippen LogP contribution in [-0.2, 0) is 4.79 Å². The van der Waals surface area contributed by atoms with Gasteiger partial charge in [0, 0.05) is 23.2 Å². The number of hydrogen-bond acceptors (Lipinski definition) is 4. The molecular weight excluding hydrogens is 422 g/mol. The molecule has 0 saturated heterocycles. The van der Waals surface area contributed by atoms with E-state index in [0.717, 1.165) is 23.3 Å². The highest BCUT2D eigenvalue weighted by molar-refractivity contribution is 7.80. The lowest BCUT2D eigenvalue weighted by Gasteiger charge is -2.24. The van der Waals surface area contributed by atoms with Crippen molar-refractivity contribution in [2.24, 2.45) is 5.41 Å². The molecule has 172 valence electrons. The predicted octanol–water partition coefficient (Wildman–Crippen LogP) is 4.75. The third-order valence-corrected chi connectivity index (χ3v) is 5.31. The first-order valence-electron chi connectivity index (χ1n) is 10.8. The summed E-state index contributed by atoms with van der Waals surface area (Å²) < 4.78 is 5.90. The van der Waals surface area contributed by atoms with Gasteiger partial charge in [0.1, 0.15) is 5.75 Å². The van der Waals surface area contributed by atoms with Crippen molar-refractivity contribution >= 4 is 34.8 Å². The van der Waals surface area contributed by atoms with E-state index in [1.807, 2.05) is 46.8 Å². The molecule has 7 heteroatoms. The van der Waals surface area contributed by atoms with Gasteiger partial charge < -0.3 is 20.7 Å². The molecule has 0 fully saturated rings. The molecule has 2 aromatic carbocycles. The first-order valence-corrected chi connectivity index (χ1v) is 11.2. The molecule has 0 atom stereocenters. The Morgan fingerprint density at radius 2 is 1.84 bits per heavy atom. The maximum absolute atomic E-state index is 12.7. The molecule has 2 amide bonds. The summed E-state index contributed by atoms with van der Waals surface area (Å²) in [5, 5.41) is 8.69. The van der Waals surface area contributed by atoms with Gasteiger partial charge in [0.25, 0.3) is 5.91 Å². The zero-order valence-corrected chi connectivity index (χ0v) is 20.3. The Hall–Kier alpha value is -2.93. The van der Waals surface area contributed by atoms with Crippen LogP contribution in [0.5, 0.6) is 5.75 Å². The van der Waals surface area contributed by atoms with Crippen molar-refractivity contribution in [2.75, 3.05) is 18.5 Å². The Kier molecular flexibility index (Phi) is 9.20. The summed E-state index contributed by atoms with van der Waals surface area (Å²) in [5.74, 6) is 0.560. The molecule has 0 aliphatic heterocycles. The predicted molar refractivity (Wildman–Crippen MR) is 133 cm³/mol. The minimum Gasteiger partial charge on any atom is -0.493 e. The monoisotopic (exact) mass is 455 g/mol. The second kappa shape index (κ2) is 11.6. The molecule has 0 saturated carbocycles. The highest BCUT2D eigenvalue weighted by Gasteiger charge is 2.28. The van der Waals surface area contributed by atoms with Crippen molar-refractivity contribution in [3.8, 4) is 5.75 Å². The zero-order valence-electron chi connectivity index (χ0n) is 19.5. The molecule has 0 aromatic heterocycles. The Bertz CT molecular complexity index is 973. The molecule has 32 heavy (non-hydrogen) atoms. The lowest BCUT2D eigenvalue weighted by Crippen LogP contribution is -2.42. The summed E-state index contributed by atoms with van der Waals surface area (Å²) in [6, 6.07) is 13.1. The fraction of sp³-hybridized carbons (Fsp3) is 0.400. The molecule has 0 heterocycles. The Morgan fingerprint density at radius 1 is 1.09 bits per heavy atom. The van der Waals surface area contributed by atoms with Crippen LogP contribution in [0.3, 0.4) is 0 Å². The molecule has 0 unspecified atom stereocenters. The fourth-order valence-corrected chi connectivity index (χ4v) is 3.32. The first-order chi connectivity index (χ1) is 15.1. The number of carbonyl (C=O) groups is 2. The van der Waals surface area contributed by atoms with Crippen molar-refractivity contribution < 1.29 is 14.3 Å². The van der Waals surface area contributed by atoms with E-state index in [1.54, 1.807) is 24.3 Å². The second-order valence-electron chi connectivity index (χ2n) is 8.45. The number of aryl methyl sites for hydroxylation is 2. The smallest absolute Gasteiger partial charge is 0.251 e. The van der Waals surface area contributed by atoms with E-state index in [1.165, 1.54) is 0 Å². The molecule has 0 radical (unpaired) electrons. The summed E-state index contributed by atoms with van der Waals surface area (Å²) in [5.41, 5.74) is 2.80. The third-order valence-electron chi connectivity index (χ3n) is 5.11. The van der Waals surface area contributed by atoms with Crippen LogP contribution in [0.4, 0.5) is 5.69 Å². The van der Waals surface area contributed by atoms with Gasteiger partial charge >= 0.3 is 0 Å². The zero-order chi connectivity index (χ0) is 23.7. The lowest BCUT2D eigenvalue weighted by atomic mass is 9.87. The van der Waals surface area contributed by atoms with Crippen LogP contribution in [0.1, 0.15) is 55.1 Å². The van der Waals surface area contributed by atoms with Crippen molar-refractivity contribution in [3.05, 3.63) is 59.2 Å². The largest absolute Gasteiger partial charge is 0.493 e. The summed E-state index contributed by atoms with van der Waals surface area (Å²) in [6.45, 7) is 10.8. The van der Waals surface area contributed by atoms with Crippen molar-refractivity contribution in [2.45, 2.75) is 47.5 Å². The van der Waals surface area contributed by atoms with E-state index >= 15 is 0 Å². The van der Waals surface area contributed by atoms with E-state index in [9.17, 15) is 9.59 Å². The Morgan fingerprint density at radius 3 is 2.56 bits per heavy atom. The number of carbonyl (C=O) groups excluding carboxylic acids is 2. The van der Waals surface area contributed by atoms with E-state index in [0.29, 0.717) is 30.8 Å². The van der Waals surface area contributed by atoms with Crippen LogP contribution in [0.15, 0.2) is 42.5 Å². The number of ether oxygens (including phenoxy) is 1. The van der Waals surface area contributed by atoms with Crippen molar-refractivity contribution in [1.29, 1.82) is 0 Å². The van der Waals surface area contributed by atoms with Gasteiger partial charge in [-0.2, -0.15) is 0 Å². The first kappa shape index (κ1) is 25.3. The van der Waals surface area contributed by atoms with Crippen LogP contribution in [0.2, 0.25) is 0 Å². The van der Waals surface area contributed by atoms with E-state index in [4.69, 9.17) is 17.0 Å². The van der Waals surface area contributed by atoms with Gasteiger partial charge in [-0.15, -0.1) is 0 Å². The molecule has 2 rings (SSSR count). The number of benzene rings is 2. The summed E-state index contributed by atoms with van der Waals surface area (Å²) >= 11 is 5.30. The Labute approximate surface area is 196 Å². The maximum Gasteiger partial charge on any atom is 0.251 e. The number of nitrogens with one attached hydrogen (secondary N) is 3. The molecule has 0 bridgehead atoms. The number of hydrogen-bond donors (Lipinski definition) is 3. The van der Waals surface area contributed by atoms with E-state index < -0.39 is 5.41 Å². The normalized spacial score (nSPS) is 10.9. The topological polar surface area (TPSA) is 79.5 Å². The highest BCUT2D eigenvalue weighted by Crippen LogP contribution is 2.24. The van der Waals surface area contributed by atoms with Gasteiger partial charge in [0.2, 0.25) is 5.91 Å². The van der Waals surface area contributed by atoms with Crippen LogP contribution >= 0.6 is 12.2 Å². The molecule has 3 N–H and O–H groups in total. The second-order valence-corrected chi connectivity index (χ2v) is 8.86. The van der Waals surface area contributed by atoms with E-state index in [-0.39, 0.29) is 16.9 Å². The van der Waals surface area contributed by atoms with Gasteiger partial charge in [-0.25, -0.2) is 0 Å². The minimum absolute atomic E-state index is 0.157. The summed E-state index contributed by atoms with van der Waals surface area (Å²) in [7, 11) is 0. The number of rotatable bonds is 9. The van der Waals surface area contributed by atoms with Crippen LogP contribution in [0, 0.1) is 19.3 Å². The highest BCUT2D eigenvalue weighted by atomic mass is 32.1. The number of amides is 2. The summed E-state index contributed by atoms with van der Waals surface area (Å²) in [4.78, 5) is 24.7. The molecule has 6 nitrogen and oxygen atoms in total. The minimum atomic E-state index is -0.611. The van der Waals surface area contributed by atoms with Crippen molar-refractivity contribution in [3.63, 3.8) is 0 Å². The molecular formula is C25H33N3O3S. The average molecular weight is 456 g/mol. The molecule has 0 aliphatic carbocycles. The van der Waals surface area contributed by atoms with Gasteiger partial charge in [-0.1, -0.05) is 32.0 Å². The van der Waals surface area contributed by atoms with E-state index in [2.05, 4.69) is 22.0 Å². The van der Waals surface area contributed by atoms with Gasteiger partial charge in [0.15, 0.2) is 5.11 Å². The average Bonchev–Trinajstić information content (AvgIpc) is 2.73. The van der Waals surface area contributed by atoms with Gasteiger partial charge in [0.05, 0.1) is 6.61 Å². The number of anilines is 1. The molecule has 2 aromatic rings. The van der Waals surface area contributed by atoms with Crippen molar-refractivity contribution in [1.82, 2.24) is 10.6 Å². The lowest BCUT2D eigenvalue weighted by molar-refractivity contribution is -0.128. The third kappa shape index (κ3) is 7.64. The fourth-order valence-electron chi connectivity index (χ4n) is 3.11. The Balaban J connectivity index is 1.83. The maximum atomic E-state index is 12.7. The number of thiocarbonyl (C=S) groups is 1. The molecule has 0 spiro atoms. The van der Waals surface area contributed by atoms with Gasteiger partial charge in [-0.3, -0.25) is 9.59 Å². The SMILES string of the molecule is CCNC(=O)c1cccc(NC(=S)NC(=O)C(C)(C)CCCOc2cc(C)ccc2C)c1. The van der Waals surface area contributed by atoms with Gasteiger partial charge in [-0.05, 0) is 81.2 Å². The molecule has 0 aliphatic rings. The quantitative estimate of drug-likeness (QED) is 0.376. The summed E-state index contributed by atoms with van der Waals surface area (Å²) in [6.07, 6.45) is 1.39. The standard InChI is InChI=1S/C25H33N3O3S/c1-6-26-22(29)19-9-7-10-20(16-19)27-24(32)28-23(30)25(4,5)13-8-14-31-21-15-17(2)11-12-18(21)3/h7,9-12,15-16H,6,8,13-14H2,1-5H3,(H,26,29)(H2,27,28,30,32). The van der Waals surface area contributed by atoms with Crippen LogP contribution in [0.25, 0.3) is 0 Å².